The van der Waals surface area contributed by atoms with Crippen LogP contribution in [0.25, 0.3) is 0 Å². The minimum absolute atomic E-state index is 0.0774. The van der Waals surface area contributed by atoms with E-state index in [4.69, 9.17) is 4.74 Å². The van der Waals surface area contributed by atoms with Gasteiger partial charge in [0.1, 0.15) is 12.3 Å². The Hall–Kier alpha value is -3.60. The van der Waals surface area contributed by atoms with Crippen LogP contribution in [0.15, 0.2) is 78.9 Å². The molecular formula is C24H24N2O3. The van der Waals surface area contributed by atoms with E-state index in [0.717, 1.165) is 17.7 Å². The number of aryl methyl sites for hydroxylation is 1. The highest BCUT2D eigenvalue weighted by Gasteiger charge is 2.19. The molecule has 0 radical (unpaired) electrons. The first-order chi connectivity index (χ1) is 14.1. The van der Waals surface area contributed by atoms with Gasteiger partial charge in [0.25, 0.3) is 0 Å². The second kappa shape index (κ2) is 9.55. The third kappa shape index (κ3) is 5.23. The molecule has 3 aromatic rings. The number of anilines is 2. The van der Waals surface area contributed by atoms with Crippen LogP contribution >= 0.6 is 0 Å². The van der Waals surface area contributed by atoms with Crippen molar-refractivity contribution in [3.63, 3.8) is 0 Å². The van der Waals surface area contributed by atoms with Crippen molar-refractivity contribution in [1.82, 2.24) is 0 Å². The lowest BCUT2D eigenvalue weighted by atomic mass is 10.1. The average Bonchev–Trinajstić information content (AvgIpc) is 2.74. The Bertz CT molecular complexity index is 986. The smallest absolute Gasteiger partial charge is 0.244 e. The predicted octanol–water partition coefficient (Wildman–Crippen LogP) is 5.03. The van der Waals surface area contributed by atoms with E-state index in [9.17, 15) is 9.59 Å². The van der Waals surface area contributed by atoms with Crippen molar-refractivity contribution in [2.75, 3.05) is 16.8 Å². The third-order valence-corrected chi connectivity index (χ3v) is 4.48. The largest absolute Gasteiger partial charge is 0.455 e. The van der Waals surface area contributed by atoms with Crippen LogP contribution in [0, 0.1) is 0 Å². The van der Waals surface area contributed by atoms with Crippen molar-refractivity contribution >= 4 is 23.2 Å². The van der Waals surface area contributed by atoms with Gasteiger partial charge < -0.3 is 15.0 Å². The Morgan fingerprint density at radius 1 is 0.897 bits per heavy atom. The predicted molar refractivity (Wildman–Crippen MR) is 115 cm³/mol. The van der Waals surface area contributed by atoms with Gasteiger partial charge in [-0.15, -0.1) is 0 Å². The van der Waals surface area contributed by atoms with Gasteiger partial charge in [0, 0.05) is 12.6 Å². The number of ether oxygens (including phenoxy) is 1. The lowest BCUT2D eigenvalue weighted by Gasteiger charge is -2.23. The number of para-hydroxylation sites is 4. The monoisotopic (exact) mass is 388 g/mol. The van der Waals surface area contributed by atoms with Gasteiger partial charge in [-0.05, 0) is 42.3 Å². The standard InChI is InChI=1S/C24H24N2O3/c1-3-19-11-7-9-15-22(19)26(18(2)27)17-24(28)25-21-14-8-10-16-23(21)29-20-12-5-4-6-13-20/h4-16H,3,17H2,1-2H3,(H,25,28). The topological polar surface area (TPSA) is 58.6 Å². The molecule has 0 heterocycles. The first-order valence-corrected chi connectivity index (χ1v) is 9.56. The van der Waals surface area contributed by atoms with Crippen molar-refractivity contribution in [2.45, 2.75) is 20.3 Å². The van der Waals surface area contributed by atoms with Gasteiger partial charge in [-0.1, -0.05) is 55.5 Å². The molecule has 0 unspecified atom stereocenters. The summed E-state index contributed by atoms with van der Waals surface area (Å²) in [7, 11) is 0. The second-order valence-corrected chi connectivity index (χ2v) is 6.55. The molecule has 0 atom stereocenters. The van der Waals surface area contributed by atoms with Crippen LogP contribution in [0.5, 0.6) is 11.5 Å². The van der Waals surface area contributed by atoms with E-state index in [1.165, 1.54) is 11.8 Å². The molecule has 0 saturated carbocycles. The molecule has 0 spiro atoms. The number of benzene rings is 3. The van der Waals surface area contributed by atoms with E-state index < -0.39 is 0 Å². The molecule has 0 bridgehead atoms. The molecule has 0 saturated heterocycles. The normalized spacial score (nSPS) is 10.3. The van der Waals surface area contributed by atoms with Crippen molar-refractivity contribution < 1.29 is 14.3 Å². The highest BCUT2D eigenvalue weighted by atomic mass is 16.5. The first-order valence-electron chi connectivity index (χ1n) is 9.56. The molecule has 2 amide bonds. The molecule has 148 valence electrons. The number of hydrogen-bond donors (Lipinski definition) is 1. The molecule has 5 heteroatoms. The summed E-state index contributed by atoms with van der Waals surface area (Å²) >= 11 is 0. The summed E-state index contributed by atoms with van der Waals surface area (Å²) in [5.41, 5.74) is 2.32. The summed E-state index contributed by atoms with van der Waals surface area (Å²) in [5.74, 6) is 0.733. The molecule has 0 aliphatic rings. The highest BCUT2D eigenvalue weighted by molar-refractivity contribution is 6.02. The number of carbonyl (C=O) groups is 2. The van der Waals surface area contributed by atoms with Crippen molar-refractivity contribution in [3.8, 4) is 11.5 Å². The molecule has 5 nitrogen and oxygen atoms in total. The molecule has 1 N–H and O–H groups in total. The first kappa shape index (κ1) is 20.1. The molecule has 0 fully saturated rings. The van der Waals surface area contributed by atoms with Crippen LogP contribution in [0.3, 0.4) is 0 Å². The fraction of sp³-hybridized carbons (Fsp3) is 0.167. The average molecular weight is 388 g/mol. The van der Waals surface area contributed by atoms with Crippen LogP contribution in [0.4, 0.5) is 11.4 Å². The van der Waals surface area contributed by atoms with Gasteiger partial charge in [0.15, 0.2) is 5.75 Å². The van der Waals surface area contributed by atoms with Crippen molar-refractivity contribution in [1.29, 1.82) is 0 Å². The van der Waals surface area contributed by atoms with Crippen LogP contribution in [0.1, 0.15) is 19.4 Å². The Morgan fingerprint density at radius 3 is 2.28 bits per heavy atom. The van der Waals surface area contributed by atoms with Gasteiger partial charge in [0.2, 0.25) is 11.8 Å². The number of hydrogen-bond acceptors (Lipinski definition) is 3. The Morgan fingerprint density at radius 2 is 1.55 bits per heavy atom. The number of carbonyl (C=O) groups excluding carboxylic acids is 2. The molecule has 0 aromatic heterocycles. The van der Waals surface area contributed by atoms with Crippen LogP contribution < -0.4 is 15.0 Å². The van der Waals surface area contributed by atoms with E-state index in [2.05, 4.69) is 5.32 Å². The third-order valence-electron chi connectivity index (χ3n) is 4.48. The molecule has 29 heavy (non-hydrogen) atoms. The molecule has 0 aliphatic carbocycles. The lowest BCUT2D eigenvalue weighted by Crippen LogP contribution is -2.37. The summed E-state index contributed by atoms with van der Waals surface area (Å²) in [6, 6.07) is 24.2. The van der Waals surface area contributed by atoms with Gasteiger partial charge in [-0.25, -0.2) is 0 Å². The summed E-state index contributed by atoms with van der Waals surface area (Å²) in [4.78, 5) is 26.5. The quantitative estimate of drug-likeness (QED) is 0.617. The Labute approximate surface area is 170 Å². The van der Waals surface area contributed by atoms with Gasteiger partial charge in [0.05, 0.1) is 5.69 Å². The molecule has 3 rings (SSSR count). The van der Waals surface area contributed by atoms with Crippen molar-refractivity contribution in [2.24, 2.45) is 0 Å². The zero-order valence-electron chi connectivity index (χ0n) is 16.6. The summed E-state index contributed by atoms with van der Waals surface area (Å²) in [6.07, 6.45) is 0.773. The zero-order valence-corrected chi connectivity index (χ0v) is 16.6. The maximum Gasteiger partial charge on any atom is 0.244 e. The Balaban J connectivity index is 1.77. The van der Waals surface area contributed by atoms with E-state index in [0.29, 0.717) is 17.2 Å². The highest BCUT2D eigenvalue weighted by Crippen LogP contribution is 2.29. The fourth-order valence-electron chi connectivity index (χ4n) is 3.05. The van der Waals surface area contributed by atoms with E-state index in [1.54, 1.807) is 12.1 Å². The zero-order chi connectivity index (χ0) is 20.6. The summed E-state index contributed by atoms with van der Waals surface area (Å²) in [6.45, 7) is 3.41. The maximum atomic E-state index is 12.7. The van der Waals surface area contributed by atoms with Gasteiger partial charge >= 0.3 is 0 Å². The lowest BCUT2D eigenvalue weighted by molar-refractivity contribution is -0.120. The van der Waals surface area contributed by atoms with Crippen LogP contribution in [-0.4, -0.2) is 18.4 Å². The number of nitrogens with zero attached hydrogens (tertiary/aromatic N) is 1. The van der Waals surface area contributed by atoms with E-state index in [-0.39, 0.29) is 18.4 Å². The minimum Gasteiger partial charge on any atom is -0.455 e. The van der Waals surface area contributed by atoms with E-state index >= 15 is 0 Å². The van der Waals surface area contributed by atoms with Crippen LogP contribution in [0.2, 0.25) is 0 Å². The number of rotatable bonds is 7. The van der Waals surface area contributed by atoms with Crippen LogP contribution in [-0.2, 0) is 16.0 Å². The summed E-state index contributed by atoms with van der Waals surface area (Å²) < 4.78 is 5.89. The molecule has 3 aromatic carbocycles. The van der Waals surface area contributed by atoms with E-state index in [1.807, 2.05) is 73.7 Å². The second-order valence-electron chi connectivity index (χ2n) is 6.55. The SMILES string of the molecule is CCc1ccccc1N(CC(=O)Nc1ccccc1Oc1ccccc1)C(C)=O. The van der Waals surface area contributed by atoms with Gasteiger partial charge in [-0.3, -0.25) is 9.59 Å². The molecular weight excluding hydrogens is 364 g/mol. The maximum absolute atomic E-state index is 12.7. The number of amides is 2. The number of nitrogens with one attached hydrogen (secondary N) is 1. The van der Waals surface area contributed by atoms with Gasteiger partial charge in [-0.2, -0.15) is 0 Å². The molecule has 0 aliphatic heterocycles. The fourth-order valence-corrected chi connectivity index (χ4v) is 3.05. The van der Waals surface area contributed by atoms with Crippen molar-refractivity contribution in [3.05, 3.63) is 84.4 Å². The Kier molecular flexibility index (Phi) is 6.63. The minimum atomic E-state index is -0.296. The summed E-state index contributed by atoms with van der Waals surface area (Å²) in [5, 5.41) is 2.87.